The Hall–Kier alpha value is -1.20. The molecular weight excluding hydrogens is 254 g/mol. The van der Waals surface area contributed by atoms with Gasteiger partial charge in [0.2, 0.25) is 0 Å². The predicted octanol–water partition coefficient (Wildman–Crippen LogP) is 1.46. The fraction of sp³-hybridized carbons (Fsp3) is 0.583. The van der Waals surface area contributed by atoms with E-state index in [9.17, 15) is 4.79 Å². The number of rotatable bonds is 3. The number of aliphatic hydroxyl groups is 1. The van der Waals surface area contributed by atoms with E-state index in [2.05, 4.69) is 9.97 Å². The number of hydrogen-bond acceptors (Lipinski definition) is 5. The van der Waals surface area contributed by atoms with Crippen LogP contribution in [0.1, 0.15) is 29.0 Å². The molecule has 0 atom stereocenters. The highest BCUT2D eigenvalue weighted by Crippen LogP contribution is 2.27. The van der Waals surface area contributed by atoms with Gasteiger partial charge in [-0.15, -0.1) is 0 Å². The Morgan fingerprint density at radius 3 is 2.67 bits per heavy atom. The van der Waals surface area contributed by atoms with Gasteiger partial charge in [-0.25, -0.2) is 9.97 Å². The lowest BCUT2D eigenvalue weighted by atomic mass is 9.98. The molecule has 1 fully saturated rings. The Kier molecular flexibility index (Phi) is 4.14. The van der Waals surface area contributed by atoms with E-state index < -0.39 is 0 Å². The number of halogens is 1. The minimum absolute atomic E-state index is 0.205. The monoisotopic (exact) mass is 269 g/mol. The number of piperidine rings is 1. The standard InChI is InChI=1S/C12H16ClN3O2/c1-8-14-11(13)10(7-18)12(15-8)16-4-2-9(6-17)3-5-16/h7,9,17H,2-6H2,1H3. The lowest BCUT2D eigenvalue weighted by molar-refractivity contribution is 0.112. The third-order valence-corrected chi connectivity index (χ3v) is 3.57. The fourth-order valence-electron chi connectivity index (χ4n) is 2.20. The molecule has 0 amide bonds. The molecule has 1 aliphatic heterocycles. The summed E-state index contributed by atoms with van der Waals surface area (Å²) in [6.07, 6.45) is 2.50. The third kappa shape index (κ3) is 2.62. The predicted molar refractivity (Wildman–Crippen MR) is 69.2 cm³/mol. The number of anilines is 1. The second-order valence-corrected chi connectivity index (χ2v) is 4.89. The van der Waals surface area contributed by atoms with E-state index in [0.29, 0.717) is 29.4 Å². The van der Waals surface area contributed by atoms with Gasteiger partial charge in [0.05, 0.1) is 5.56 Å². The normalized spacial score (nSPS) is 16.9. The maximum Gasteiger partial charge on any atom is 0.156 e. The molecule has 1 aromatic heterocycles. The first-order chi connectivity index (χ1) is 8.65. The second kappa shape index (κ2) is 5.63. The average Bonchev–Trinajstić information content (AvgIpc) is 2.38. The van der Waals surface area contributed by atoms with Gasteiger partial charge in [-0.05, 0) is 25.7 Å². The van der Waals surface area contributed by atoms with Crippen LogP contribution in [-0.4, -0.2) is 41.1 Å². The van der Waals surface area contributed by atoms with Crippen LogP contribution in [0.5, 0.6) is 0 Å². The summed E-state index contributed by atoms with van der Waals surface area (Å²) >= 11 is 5.96. The van der Waals surface area contributed by atoms with E-state index >= 15 is 0 Å². The molecule has 0 aliphatic carbocycles. The zero-order valence-electron chi connectivity index (χ0n) is 10.3. The fourth-order valence-corrected chi connectivity index (χ4v) is 2.45. The van der Waals surface area contributed by atoms with E-state index in [1.54, 1.807) is 6.92 Å². The van der Waals surface area contributed by atoms with Crippen molar-refractivity contribution in [2.75, 3.05) is 24.6 Å². The molecular formula is C12H16ClN3O2. The van der Waals surface area contributed by atoms with Crippen LogP contribution < -0.4 is 4.90 Å². The van der Waals surface area contributed by atoms with E-state index in [1.165, 1.54) is 0 Å². The number of carbonyl (C=O) groups excluding carboxylic acids is 1. The molecule has 2 rings (SSSR count). The first-order valence-electron chi connectivity index (χ1n) is 6.00. The van der Waals surface area contributed by atoms with Crippen molar-refractivity contribution in [3.05, 3.63) is 16.5 Å². The minimum atomic E-state index is 0.205. The van der Waals surface area contributed by atoms with Crippen molar-refractivity contribution in [1.29, 1.82) is 0 Å². The van der Waals surface area contributed by atoms with Gasteiger partial charge in [0, 0.05) is 19.7 Å². The highest BCUT2D eigenvalue weighted by atomic mass is 35.5. The Labute approximate surface area is 111 Å². The molecule has 0 saturated carbocycles. The van der Waals surface area contributed by atoms with E-state index in [-0.39, 0.29) is 11.8 Å². The molecule has 0 radical (unpaired) electrons. The number of aliphatic hydroxyl groups excluding tert-OH is 1. The van der Waals surface area contributed by atoms with Gasteiger partial charge >= 0.3 is 0 Å². The maximum absolute atomic E-state index is 11.1. The maximum atomic E-state index is 11.1. The summed E-state index contributed by atoms with van der Waals surface area (Å²) in [4.78, 5) is 21.4. The van der Waals surface area contributed by atoms with Crippen LogP contribution in [0.25, 0.3) is 0 Å². The van der Waals surface area contributed by atoms with Crippen LogP contribution in [0.2, 0.25) is 5.15 Å². The smallest absolute Gasteiger partial charge is 0.156 e. The topological polar surface area (TPSA) is 66.3 Å². The van der Waals surface area contributed by atoms with Gasteiger partial charge in [-0.2, -0.15) is 0 Å². The SMILES string of the molecule is Cc1nc(Cl)c(C=O)c(N2CCC(CO)CC2)n1. The summed E-state index contributed by atoms with van der Waals surface area (Å²) in [5.74, 6) is 1.52. The molecule has 5 nitrogen and oxygen atoms in total. The Morgan fingerprint density at radius 1 is 1.44 bits per heavy atom. The summed E-state index contributed by atoms with van der Waals surface area (Å²) in [7, 11) is 0. The summed E-state index contributed by atoms with van der Waals surface area (Å²) in [5.41, 5.74) is 0.352. The third-order valence-electron chi connectivity index (χ3n) is 3.28. The zero-order chi connectivity index (χ0) is 13.1. The summed E-state index contributed by atoms with van der Waals surface area (Å²) in [6, 6.07) is 0. The first kappa shape index (κ1) is 13.2. The Morgan fingerprint density at radius 2 is 2.11 bits per heavy atom. The number of hydrogen-bond donors (Lipinski definition) is 1. The molecule has 1 aromatic rings. The molecule has 0 bridgehead atoms. The number of aldehydes is 1. The average molecular weight is 270 g/mol. The zero-order valence-corrected chi connectivity index (χ0v) is 11.0. The summed E-state index contributed by atoms with van der Waals surface area (Å²) in [6.45, 7) is 3.53. The largest absolute Gasteiger partial charge is 0.396 e. The quantitative estimate of drug-likeness (QED) is 0.665. The van der Waals surface area contributed by atoms with Crippen molar-refractivity contribution in [3.8, 4) is 0 Å². The molecule has 1 aliphatic rings. The van der Waals surface area contributed by atoms with Crippen LogP contribution in [0, 0.1) is 12.8 Å². The van der Waals surface area contributed by atoms with Gasteiger partial charge in [0.25, 0.3) is 0 Å². The molecule has 0 aromatic carbocycles. The lowest BCUT2D eigenvalue weighted by Gasteiger charge is -2.32. The van der Waals surface area contributed by atoms with Crippen molar-refractivity contribution in [3.63, 3.8) is 0 Å². The minimum Gasteiger partial charge on any atom is -0.396 e. The number of nitrogens with zero attached hydrogens (tertiary/aromatic N) is 3. The lowest BCUT2D eigenvalue weighted by Crippen LogP contribution is -2.36. The van der Waals surface area contributed by atoms with Crippen LogP contribution in [0.4, 0.5) is 5.82 Å². The second-order valence-electron chi connectivity index (χ2n) is 4.53. The number of carbonyl (C=O) groups is 1. The van der Waals surface area contributed by atoms with Crippen molar-refractivity contribution >= 4 is 23.7 Å². The van der Waals surface area contributed by atoms with Gasteiger partial charge < -0.3 is 10.0 Å². The number of aromatic nitrogens is 2. The molecule has 1 saturated heterocycles. The van der Waals surface area contributed by atoms with Crippen LogP contribution in [0.3, 0.4) is 0 Å². The van der Waals surface area contributed by atoms with Gasteiger partial charge in [0.15, 0.2) is 6.29 Å². The number of aryl methyl sites for hydroxylation is 1. The molecule has 1 N–H and O–H groups in total. The van der Waals surface area contributed by atoms with Crippen LogP contribution >= 0.6 is 11.6 Å². The molecule has 0 unspecified atom stereocenters. The van der Waals surface area contributed by atoms with Crippen LogP contribution in [0.15, 0.2) is 0 Å². The van der Waals surface area contributed by atoms with Gasteiger partial charge in [-0.3, -0.25) is 4.79 Å². The highest BCUT2D eigenvalue weighted by molar-refractivity contribution is 6.32. The molecule has 0 spiro atoms. The Balaban J connectivity index is 2.25. The molecule has 2 heterocycles. The summed E-state index contributed by atoms with van der Waals surface area (Å²) < 4.78 is 0. The van der Waals surface area contributed by atoms with Crippen molar-refractivity contribution in [2.45, 2.75) is 19.8 Å². The van der Waals surface area contributed by atoms with E-state index in [0.717, 1.165) is 25.9 Å². The highest BCUT2D eigenvalue weighted by Gasteiger charge is 2.23. The van der Waals surface area contributed by atoms with Crippen molar-refractivity contribution in [2.24, 2.45) is 5.92 Å². The van der Waals surface area contributed by atoms with Crippen molar-refractivity contribution < 1.29 is 9.90 Å². The van der Waals surface area contributed by atoms with Gasteiger partial charge in [0.1, 0.15) is 16.8 Å². The van der Waals surface area contributed by atoms with Crippen LogP contribution in [-0.2, 0) is 0 Å². The molecule has 98 valence electrons. The molecule has 18 heavy (non-hydrogen) atoms. The van der Waals surface area contributed by atoms with Gasteiger partial charge in [-0.1, -0.05) is 11.6 Å². The summed E-state index contributed by atoms with van der Waals surface area (Å²) in [5, 5.41) is 9.32. The Bertz CT molecular complexity index is 445. The van der Waals surface area contributed by atoms with Crippen molar-refractivity contribution in [1.82, 2.24) is 9.97 Å². The van der Waals surface area contributed by atoms with E-state index in [4.69, 9.17) is 16.7 Å². The molecule has 6 heteroatoms. The van der Waals surface area contributed by atoms with E-state index in [1.807, 2.05) is 4.90 Å². The first-order valence-corrected chi connectivity index (χ1v) is 6.38.